The molecule has 22 heavy (non-hydrogen) atoms. The standard InChI is InChI=1S/C12H16N4O4S2/c1-4-20-11(17)5-9-7-21-12(13-9)15-22(18,19)10-6-16(3)14-8(10)2/h6-7H,4-5H2,1-3H3,(H,13,15). The van der Waals surface area contributed by atoms with Crippen molar-refractivity contribution in [3.63, 3.8) is 0 Å². The molecule has 0 radical (unpaired) electrons. The number of aromatic nitrogens is 3. The third-order valence-electron chi connectivity index (χ3n) is 2.66. The van der Waals surface area contributed by atoms with E-state index in [4.69, 9.17) is 4.74 Å². The predicted molar refractivity (Wildman–Crippen MR) is 81.2 cm³/mol. The van der Waals surface area contributed by atoms with E-state index in [9.17, 15) is 13.2 Å². The maximum atomic E-state index is 12.3. The number of esters is 1. The molecular formula is C12H16N4O4S2. The third-order valence-corrected chi connectivity index (χ3v) is 5.04. The highest BCUT2D eigenvalue weighted by Gasteiger charge is 2.21. The van der Waals surface area contributed by atoms with Crippen LogP contribution in [0.15, 0.2) is 16.5 Å². The predicted octanol–water partition coefficient (Wildman–Crippen LogP) is 1.09. The number of rotatable bonds is 6. The normalized spacial score (nSPS) is 11.4. The van der Waals surface area contributed by atoms with Gasteiger partial charge in [-0.25, -0.2) is 13.4 Å². The van der Waals surface area contributed by atoms with Crippen LogP contribution in [-0.2, 0) is 33.0 Å². The van der Waals surface area contributed by atoms with Gasteiger partial charge in [0, 0.05) is 18.6 Å². The van der Waals surface area contributed by atoms with E-state index >= 15 is 0 Å². The second-order valence-electron chi connectivity index (χ2n) is 4.48. The van der Waals surface area contributed by atoms with Crippen LogP contribution < -0.4 is 4.72 Å². The molecule has 2 heterocycles. The molecule has 0 fully saturated rings. The third kappa shape index (κ3) is 3.83. The minimum Gasteiger partial charge on any atom is -0.466 e. The summed E-state index contributed by atoms with van der Waals surface area (Å²) in [5.74, 6) is -0.398. The number of thiazole rings is 1. The van der Waals surface area contributed by atoms with Gasteiger partial charge in [-0.3, -0.25) is 14.2 Å². The van der Waals surface area contributed by atoms with Gasteiger partial charge in [0.05, 0.1) is 24.4 Å². The van der Waals surface area contributed by atoms with Crippen LogP contribution in [0.5, 0.6) is 0 Å². The molecule has 0 bridgehead atoms. The molecule has 2 rings (SSSR count). The van der Waals surface area contributed by atoms with E-state index in [0.717, 1.165) is 11.3 Å². The second kappa shape index (κ2) is 6.44. The number of hydrogen-bond acceptors (Lipinski definition) is 7. The number of nitrogens with one attached hydrogen (secondary N) is 1. The van der Waals surface area contributed by atoms with Gasteiger partial charge in [0.15, 0.2) is 5.13 Å². The van der Waals surface area contributed by atoms with Crippen LogP contribution in [-0.4, -0.2) is 35.8 Å². The molecule has 0 aromatic carbocycles. The summed E-state index contributed by atoms with van der Waals surface area (Å²) in [6.07, 6.45) is 1.43. The number of sulfonamides is 1. The first-order valence-electron chi connectivity index (χ1n) is 6.45. The fraction of sp³-hybridized carbons (Fsp3) is 0.417. The van der Waals surface area contributed by atoms with Crippen molar-refractivity contribution in [2.75, 3.05) is 11.3 Å². The van der Waals surface area contributed by atoms with Crippen LogP contribution >= 0.6 is 11.3 Å². The molecule has 2 aromatic heterocycles. The molecule has 10 heteroatoms. The van der Waals surface area contributed by atoms with Crippen molar-refractivity contribution in [1.29, 1.82) is 0 Å². The van der Waals surface area contributed by atoms with Gasteiger partial charge in [0.1, 0.15) is 4.90 Å². The fourth-order valence-electron chi connectivity index (χ4n) is 1.81. The number of ether oxygens (including phenoxy) is 1. The summed E-state index contributed by atoms with van der Waals surface area (Å²) in [6.45, 7) is 3.63. The Labute approximate surface area is 132 Å². The van der Waals surface area contributed by atoms with Gasteiger partial charge in [-0.1, -0.05) is 0 Å². The van der Waals surface area contributed by atoms with E-state index in [1.54, 1.807) is 26.3 Å². The summed E-state index contributed by atoms with van der Waals surface area (Å²) < 4.78 is 33.2. The summed E-state index contributed by atoms with van der Waals surface area (Å²) in [6, 6.07) is 0. The molecule has 0 saturated heterocycles. The first-order chi connectivity index (χ1) is 10.3. The average molecular weight is 344 g/mol. The van der Waals surface area contributed by atoms with E-state index in [-0.39, 0.29) is 16.4 Å². The van der Waals surface area contributed by atoms with Crippen LogP contribution in [0.4, 0.5) is 5.13 Å². The Balaban J connectivity index is 2.12. The maximum absolute atomic E-state index is 12.3. The van der Waals surface area contributed by atoms with Gasteiger partial charge in [-0.05, 0) is 13.8 Å². The Morgan fingerprint density at radius 2 is 2.23 bits per heavy atom. The minimum absolute atomic E-state index is 0.0119. The van der Waals surface area contributed by atoms with Crippen molar-refractivity contribution < 1.29 is 17.9 Å². The fourth-order valence-corrected chi connectivity index (χ4v) is 3.99. The van der Waals surface area contributed by atoms with E-state index in [1.807, 2.05) is 0 Å². The van der Waals surface area contributed by atoms with Gasteiger partial charge in [0.2, 0.25) is 0 Å². The van der Waals surface area contributed by atoms with Crippen LogP contribution in [0.25, 0.3) is 0 Å². The molecule has 0 aliphatic rings. The zero-order valence-corrected chi connectivity index (χ0v) is 14.0. The summed E-state index contributed by atoms with van der Waals surface area (Å²) in [7, 11) is -2.10. The number of hydrogen-bond donors (Lipinski definition) is 1. The molecule has 120 valence electrons. The Kier molecular flexibility index (Phi) is 4.81. The second-order valence-corrected chi connectivity index (χ2v) is 6.99. The van der Waals surface area contributed by atoms with Crippen LogP contribution in [0.1, 0.15) is 18.3 Å². The van der Waals surface area contributed by atoms with Gasteiger partial charge in [-0.2, -0.15) is 5.10 Å². The van der Waals surface area contributed by atoms with Crippen LogP contribution in [0.2, 0.25) is 0 Å². The first kappa shape index (κ1) is 16.4. The number of aryl methyl sites for hydroxylation is 2. The molecule has 0 amide bonds. The molecule has 0 aliphatic heterocycles. The summed E-state index contributed by atoms with van der Waals surface area (Å²) >= 11 is 1.11. The summed E-state index contributed by atoms with van der Waals surface area (Å²) in [5.41, 5.74) is 0.863. The van der Waals surface area contributed by atoms with Crippen molar-refractivity contribution in [2.45, 2.75) is 25.2 Å². The largest absolute Gasteiger partial charge is 0.466 e. The van der Waals surface area contributed by atoms with E-state index in [1.165, 1.54) is 10.9 Å². The highest BCUT2D eigenvalue weighted by Crippen LogP contribution is 2.21. The number of anilines is 1. The van der Waals surface area contributed by atoms with Crippen LogP contribution in [0.3, 0.4) is 0 Å². The molecular weight excluding hydrogens is 328 g/mol. The molecule has 0 aliphatic carbocycles. The maximum Gasteiger partial charge on any atom is 0.311 e. The van der Waals surface area contributed by atoms with E-state index in [2.05, 4.69) is 14.8 Å². The van der Waals surface area contributed by atoms with Crippen molar-refractivity contribution >= 4 is 32.5 Å². The highest BCUT2D eigenvalue weighted by atomic mass is 32.2. The SMILES string of the molecule is CCOC(=O)Cc1csc(NS(=O)(=O)c2cn(C)nc2C)n1. The lowest BCUT2D eigenvalue weighted by molar-refractivity contribution is -0.142. The molecule has 0 saturated carbocycles. The monoisotopic (exact) mass is 344 g/mol. The zero-order chi connectivity index (χ0) is 16.3. The molecule has 8 nitrogen and oxygen atoms in total. The highest BCUT2D eigenvalue weighted by molar-refractivity contribution is 7.93. The summed E-state index contributed by atoms with van der Waals surface area (Å²) in [4.78, 5) is 15.5. The molecule has 0 spiro atoms. The van der Waals surface area contributed by atoms with Crippen LogP contribution in [0, 0.1) is 6.92 Å². The lowest BCUT2D eigenvalue weighted by Gasteiger charge is -2.03. The van der Waals surface area contributed by atoms with Gasteiger partial charge in [-0.15, -0.1) is 11.3 Å². The number of carbonyl (C=O) groups is 1. The van der Waals surface area contributed by atoms with Gasteiger partial charge < -0.3 is 4.74 Å². The average Bonchev–Trinajstić information content (AvgIpc) is 2.96. The van der Waals surface area contributed by atoms with Gasteiger partial charge >= 0.3 is 5.97 Å². The van der Waals surface area contributed by atoms with Crippen molar-refractivity contribution in [3.8, 4) is 0 Å². The lowest BCUT2D eigenvalue weighted by Crippen LogP contribution is -2.13. The van der Waals surface area contributed by atoms with Crippen molar-refractivity contribution in [1.82, 2.24) is 14.8 Å². The minimum atomic E-state index is -3.75. The number of nitrogens with zero attached hydrogens (tertiary/aromatic N) is 3. The zero-order valence-electron chi connectivity index (χ0n) is 12.4. The smallest absolute Gasteiger partial charge is 0.311 e. The Morgan fingerprint density at radius 1 is 1.50 bits per heavy atom. The molecule has 0 unspecified atom stereocenters. The Morgan fingerprint density at radius 3 is 2.82 bits per heavy atom. The van der Waals surface area contributed by atoms with Crippen molar-refractivity contribution in [3.05, 3.63) is 23.0 Å². The quantitative estimate of drug-likeness (QED) is 0.787. The Hall–Kier alpha value is -1.94. The van der Waals surface area contributed by atoms with Gasteiger partial charge in [0.25, 0.3) is 10.0 Å². The topological polar surface area (TPSA) is 103 Å². The van der Waals surface area contributed by atoms with Crippen molar-refractivity contribution in [2.24, 2.45) is 7.05 Å². The first-order valence-corrected chi connectivity index (χ1v) is 8.81. The van der Waals surface area contributed by atoms with E-state index in [0.29, 0.717) is 18.0 Å². The molecule has 1 N–H and O–H groups in total. The van der Waals surface area contributed by atoms with E-state index < -0.39 is 16.0 Å². The number of carbonyl (C=O) groups excluding carboxylic acids is 1. The summed E-state index contributed by atoms with van der Waals surface area (Å²) in [5, 5.41) is 5.82. The lowest BCUT2D eigenvalue weighted by atomic mass is 10.3. The molecule has 2 aromatic rings. The molecule has 0 atom stereocenters. The Bertz CT molecular complexity index is 779.